The largest absolute Gasteiger partial charge is 0.475 e. The van der Waals surface area contributed by atoms with Gasteiger partial charge in [-0.2, -0.15) is 13.2 Å². The first-order valence-electron chi connectivity index (χ1n) is 7.07. The summed E-state index contributed by atoms with van der Waals surface area (Å²) >= 11 is 0. The van der Waals surface area contributed by atoms with Gasteiger partial charge in [-0.1, -0.05) is 0 Å². The maximum absolute atomic E-state index is 13.7. The minimum atomic E-state index is -4.66. The summed E-state index contributed by atoms with van der Waals surface area (Å²) in [5.41, 5.74) is -1.71. The van der Waals surface area contributed by atoms with E-state index in [2.05, 4.69) is 10.3 Å². The highest BCUT2D eigenvalue weighted by atomic mass is 19.4. The number of amides is 1. The second kappa shape index (κ2) is 7.93. The molecule has 134 valence electrons. The van der Waals surface area contributed by atoms with Gasteiger partial charge in [0, 0.05) is 13.3 Å². The van der Waals surface area contributed by atoms with Gasteiger partial charge in [0.05, 0.1) is 17.9 Å². The summed E-state index contributed by atoms with van der Waals surface area (Å²) in [5, 5.41) is 2.10. The fourth-order valence-corrected chi connectivity index (χ4v) is 1.89. The Kier molecular flexibility index (Phi) is 5.92. The highest BCUT2D eigenvalue weighted by Gasteiger charge is 2.31. The van der Waals surface area contributed by atoms with Crippen molar-refractivity contribution in [1.82, 2.24) is 4.98 Å². The topological polar surface area (TPSA) is 60.5 Å². The van der Waals surface area contributed by atoms with Crippen LogP contribution in [0, 0.1) is 5.82 Å². The van der Waals surface area contributed by atoms with Crippen molar-refractivity contribution in [2.75, 3.05) is 25.6 Å². The molecule has 5 nitrogen and oxygen atoms in total. The lowest BCUT2D eigenvalue weighted by Gasteiger charge is -2.12. The van der Waals surface area contributed by atoms with Gasteiger partial charge in [0.1, 0.15) is 18.0 Å². The summed E-state index contributed by atoms with van der Waals surface area (Å²) < 4.78 is 62.0. The number of anilines is 1. The molecule has 0 aliphatic carbocycles. The minimum absolute atomic E-state index is 0.0376. The number of ether oxygens (including phenoxy) is 2. The van der Waals surface area contributed by atoms with E-state index >= 15 is 0 Å². The maximum atomic E-state index is 13.7. The quantitative estimate of drug-likeness (QED) is 0.634. The molecule has 0 unspecified atom stereocenters. The Morgan fingerprint density at radius 3 is 2.68 bits per heavy atom. The number of benzene rings is 1. The fourth-order valence-electron chi connectivity index (χ4n) is 1.89. The number of nitrogens with one attached hydrogen (secondary N) is 1. The van der Waals surface area contributed by atoms with Gasteiger partial charge in [-0.25, -0.2) is 9.37 Å². The van der Waals surface area contributed by atoms with Crippen LogP contribution in [0.4, 0.5) is 23.2 Å². The van der Waals surface area contributed by atoms with Crippen LogP contribution in [0.1, 0.15) is 15.9 Å². The molecule has 1 amide bonds. The first-order valence-corrected chi connectivity index (χ1v) is 7.07. The van der Waals surface area contributed by atoms with E-state index in [0.717, 1.165) is 0 Å². The van der Waals surface area contributed by atoms with Gasteiger partial charge in [0.2, 0.25) is 5.88 Å². The summed E-state index contributed by atoms with van der Waals surface area (Å²) in [6, 6.07) is 4.55. The lowest BCUT2D eigenvalue weighted by atomic mass is 10.1. The third-order valence-electron chi connectivity index (χ3n) is 3.08. The summed E-state index contributed by atoms with van der Waals surface area (Å²) in [7, 11) is 1.46. The standard InChI is InChI=1S/C16H14F4N2O3/c1-24-7-8-25-15-11(3-2-6-21-15)14(23)22-13-9-10(16(18,19)20)4-5-12(13)17/h2-6,9H,7-8H2,1H3,(H,22,23). The normalized spacial score (nSPS) is 11.2. The molecule has 25 heavy (non-hydrogen) atoms. The van der Waals surface area contributed by atoms with Gasteiger partial charge in [0.25, 0.3) is 5.91 Å². The molecule has 9 heteroatoms. The van der Waals surface area contributed by atoms with Gasteiger partial charge in [0.15, 0.2) is 0 Å². The molecule has 0 saturated heterocycles. The van der Waals surface area contributed by atoms with Crippen LogP contribution in [-0.4, -0.2) is 31.2 Å². The van der Waals surface area contributed by atoms with Crippen LogP contribution in [0.5, 0.6) is 5.88 Å². The highest BCUT2D eigenvalue weighted by molar-refractivity contribution is 6.05. The molecule has 0 spiro atoms. The van der Waals surface area contributed by atoms with E-state index in [1.165, 1.54) is 25.4 Å². The maximum Gasteiger partial charge on any atom is 0.416 e. The first-order chi connectivity index (χ1) is 11.8. The summed E-state index contributed by atoms with van der Waals surface area (Å²) in [6.07, 6.45) is -3.28. The van der Waals surface area contributed by atoms with Crippen molar-refractivity contribution in [3.63, 3.8) is 0 Å². The van der Waals surface area contributed by atoms with Crippen molar-refractivity contribution in [1.29, 1.82) is 0 Å². The Bertz CT molecular complexity index is 750. The molecule has 1 aromatic carbocycles. The Labute approximate surface area is 140 Å². The minimum Gasteiger partial charge on any atom is -0.475 e. The van der Waals surface area contributed by atoms with Crippen LogP contribution in [0.25, 0.3) is 0 Å². The predicted octanol–water partition coefficient (Wildman–Crippen LogP) is 3.52. The van der Waals surface area contributed by atoms with Gasteiger partial charge in [-0.15, -0.1) is 0 Å². The summed E-state index contributed by atoms with van der Waals surface area (Å²) in [6.45, 7) is 0.367. The van der Waals surface area contributed by atoms with Crippen molar-refractivity contribution in [2.24, 2.45) is 0 Å². The zero-order valence-electron chi connectivity index (χ0n) is 13.1. The summed E-state index contributed by atoms with van der Waals surface area (Å²) in [4.78, 5) is 16.2. The van der Waals surface area contributed by atoms with Crippen LogP contribution >= 0.6 is 0 Å². The third-order valence-corrected chi connectivity index (χ3v) is 3.08. The molecule has 1 N–H and O–H groups in total. The zero-order chi connectivity index (χ0) is 18.4. The highest BCUT2D eigenvalue weighted by Crippen LogP contribution is 2.32. The number of carbonyl (C=O) groups excluding carboxylic acids is 1. The third kappa shape index (κ3) is 4.90. The Morgan fingerprint density at radius 2 is 2.00 bits per heavy atom. The van der Waals surface area contributed by atoms with Crippen molar-refractivity contribution in [3.8, 4) is 5.88 Å². The number of pyridine rings is 1. The number of nitrogens with zero attached hydrogens (tertiary/aromatic N) is 1. The molecule has 0 saturated carbocycles. The van der Waals surface area contributed by atoms with Crippen LogP contribution in [-0.2, 0) is 10.9 Å². The second-order valence-corrected chi connectivity index (χ2v) is 4.84. The molecule has 0 fully saturated rings. The van der Waals surface area contributed by atoms with Gasteiger partial charge in [-0.05, 0) is 30.3 Å². The molecule has 1 heterocycles. The Hall–Kier alpha value is -2.68. The van der Waals surface area contributed by atoms with Crippen LogP contribution in [0.2, 0.25) is 0 Å². The molecule has 2 rings (SSSR count). The van der Waals surface area contributed by atoms with Crippen molar-refractivity contribution in [3.05, 3.63) is 53.5 Å². The number of carbonyl (C=O) groups is 1. The molecule has 0 atom stereocenters. The van der Waals surface area contributed by atoms with Gasteiger partial charge >= 0.3 is 6.18 Å². The number of hydrogen-bond acceptors (Lipinski definition) is 4. The summed E-state index contributed by atoms with van der Waals surface area (Å²) in [5.74, 6) is -1.88. The molecular weight excluding hydrogens is 344 g/mol. The lowest BCUT2D eigenvalue weighted by molar-refractivity contribution is -0.137. The molecule has 0 aliphatic rings. The van der Waals surface area contributed by atoms with E-state index < -0.39 is 29.2 Å². The Balaban J connectivity index is 2.23. The molecule has 2 aromatic rings. The monoisotopic (exact) mass is 358 g/mol. The Morgan fingerprint density at radius 1 is 1.24 bits per heavy atom. The molecule has 0 radical (unpaired) electrons. The molecule has 1 aromatic heterocycles. The average Bonchev–Trinajstić information content (AvgIpc) is 2.56. The van der Waals surface area contributed by atoms with Gasteiger partial charge in [-0.3, -0.25) is 4.79 Å². The molecule has 0 bridgehead atoms. The van der Waals surface area contributed by atoms with Crippen molar-refractivity contribution < 1.29 is 31.8 Å². The molecular formula is C16H14F4N2O3. The van der Waals surface area contributed by atoms with E-state index in [4.69, 9.17) is 9.47 Å². The van der Waals surface area contributed by atoms with Crippen LogP contribution in [0.15, 0.2) is 36.5 Å². The van der Waals surface area contributed by atoms with Crippen molar-refractivity contribution in [2.45, 2.75) is 6.18 Å². The van der Waals surface area contributed by atoms with E-state index in [1.807, 2.05) is 0 Å². The zero-order valence-corrected chi connectivity index (χ0v) is 13.1. The van der Waals surface area contributed by atoms with Crippen LogP contribution in [0.3, 0.4) is 0 Å². The van der Waals surface area contributed by atoms with Crippen LogP contribution < -0.4 is 10.1 Å². The van der Waals surface area contributed by atoms with E-state index in [0.29, 0.717) is 18.2 Å². The number of aromatic nitrogens is 1. The average molecular weight is 358 g/mol. The molecule has 0 aliphatic heterocycles. The SMILES string of the molecule is COCCOc1ncccc1C(=O)Nc1cc(C(F)(F)F)ccc1F. The number of halogens is 4. The lowest BCUT2D eigenvalue weighted by Crippen LogP contribution is -2.17. The van der Waals surface area contributed by atoms with E-state index in [9.17, 15) is 22.4 Å². The number of rotatable bonds is 6. The van der Waals surface area contributed by atoms with Gasteiger partial charge < -0.3 is 14.8 Å². The number of methoxy groups -OCH3 is 1. The fraction of sp³-hybridized carbons (Fsp3) is 0.250. The second-order valence-electron chi connectivity index (χ2n) is 4.84. The van der Waals surface area contributed by atoms with E-state index in [-0.39, 0.29) is 24.7 Å². The number of alkyl halides is 3. The van der Waals surface area contributed by atoms with Crippen molar-refractivity contribution >= 4 is 11.6 Å². The van der Waals surface area contributed by atoms with E-state index in [1.54, 1.807) is 0 Å². The smallest absolute Gasteiger partial charge is 0.416 e. The first kappa shape index (κ1) is 18.7. The predicted molar refractivity (Wildman–Crippen MR) is 81.0 cm³/mol. The number of hydrogen-bond donors (Lipinski definition) is 1.